The second-order valence-electron chi connectivity index (χ2n) is 5.03. The Hall–Kier alpha value is -2.49. The molecule has 0 saturated heterocycles. The molecule has 0 aromatic heterocycles. The van der Waals surface area contributed by atoms with E-state index in [4.69, 9.17) is 14.2 Å². The standard InChI is InChI=1S/C17H16O4/c1-11-3-4-13(7-12(11)2)15(18)9-19-14-5-6-16-17(8-14)21-10-20-16/h3-8H,9-10H2,1-2H3. The Balaban J connectivity index is 1.67. The van der Waals surface area contributed by atoms with Gasteiger partial charge in [-0.1, -0.05) is 12.1 Å². The van der Waals surface area contributed by atoms with E-state index in [1.165, 1.54) is 5.56 Å². The first-order valence-electron chi connectivity index (χ1n) is 6.76. The van der Waals surface area contributed by atoms with E-state index in [-0.39, 0.29) is 19.2 Å². The van der Waals surface area contributed by atoms with Crippen LogP contribution in [-0.2, 0) is 0 Å². The van der Waals surface area contributed by atoms with Gasteiger partial charge in [-0.2, -0.15) is 0 Å². The molecule has 1 aliphatic rings. The molecule has 0 spiro atoms. The zero-order valence-corrected chi connectivity index (χ0v) is 12.0. The molecule has 0 aliphatic carbocycles. The lowest BCUT2D eigenvalue weighted by molar-refractivity contribution is 0.0921. The Morgan fingerprint density at radius 3 is 2.67 bits per heavy atom. The van der Waals surface area contributed by atoms with Gasteiger partial charge in [0.05, 0.1) is 0 Å². The van der Waals surface area contributed by atoms with Gasteiger partial charge in [-0.05, 0) is 43.2 Å². The molecule has 4 heteroatoms. The molecule has 0 fully saturated rings. The highest BCUT2D eigenvalue weighted by molar-refractivity contribution is 5.97. The molecule has 1 heterocycles. The summed E-state index contributed by atoms with van der Waals surface area (Å²) in [6, 6.07) is 10.9. The minimum atomic E-state index is -0.0456. The summed E-state index contributed by atoms with van der Waals surface area (Å²) < 4.78 is 16.0. The van der Waals surface area contributed by atoms with Gasteiger partial charge in [0.25, 0.3) is 0 Å². The summed E-state index contributed by atoms with van der Waals surface area (Å²) in [6.07, 6.45) is 0. The van der Waals surface area contributed by atoms with Crippen molar-refractivity contribution in [3.8, 4) is 17.2 Å². The number of hydrogen-bond donors (Lipinski definition) is 0. The van der Waals surface area contributed by atoms with Gasteiger partial charge in [-0.3, -0.25) is 4.79 Å². The van der Waals surface area contributed by atoms with Gasteiger partial charge in [-0.15, -0.1) is 0 Å². The van der Waals surface area contributed by atoms with Crippen LogP contribution in [0.5, 0.6) is 17.2 Å². The van der Waals surface area contributed by atoms with E-state index in [1.54, 1.807) is 18.2 Å². The first-order valence-corrected chi connectivity index (χ1v) is 6.76. The lowest BCUT2D eigenvalue weighted by atomic mass is 10.0. The number of carbonyl (C=O) groups excluding carboxylic acids is 1. The zero-order chi connectivity index (χ0) is 14.8. The number of hydrogen-bond acceptors (Lipinski definition) is 4. The highest BCUT2D eigenvalue weighted by Crippen LogP contribution is 2.35. The van der Waals surface area contributed by atoms with Crippen molar-refractivity contribution in [2.24, 2.45) is 0 Å². The number of rotatable bonds is 4. The van der Waals surface area contributed by atoms with Crippen molar-refractivity contribution in [2.45, 2.75) is 13.8 Å². The van der Waals surface area contributed by atoms with Gasteiger partial charge in [0.1, 0.15) is 5.75 Å². The van der Waals surface area contributed by atoms with Gasteiger partial charge in [0.2, 0.25) is 6.79 Å². The largest absolute Gasteiger partial charge is 0.485 e. The summed E-state index contributed by atoms with van der Waals surface area (Å²) in [6.45, 7) is 4.24. The van der Waals surface area contributed by atoms with Crippen molar-refractivity contribution in [3.05, 3.63) is 53.1 Å². The molecule has 21 heavy (non-hydrogen) atoms. The molecule has 0 atom stereocenters. The Morgan fingerprint density at radius 1 is 1.05 bits per heavy atom. The maximum Gasteiger partial charge on any atom is 0.231 e. The zero-order valence-electron chi connectivity index (χ0n) is 12.0. The van der Waals surface area contributed by atoms with E-state index in [1.807, 2.05) is 32.0 Å². The van der Waals surface area contributed by atoms with Crippen LogP contribution in [0, 0.1) is 13.8 Å². The summed E-state index contributed by atoms with van der Waals surface area (Å²) in [5, 5.41) is 0. The number of Topliss-reactive ketones (excluding diaryl/α,β-unsaturated/α-hetero) is 1. The molecule has 3 rings (SSSR count). The van der Waals surface area contributed by atoms with Crippen molar-refractivity contribution in [1.29, 1.82) is 0 Å². The molecule has 2 aromatic carbocycles. The van der Waals surface area contributed by atoms with Crippen LogP contribution in [0.3, 0.4) is 0 Å². The van der Waals surface area contributed by atoms with Crippen LogP contribution < -0.4 is 14.2 Å². The van der Waals surface area contributed by atoms with E-state index in [0.717, 1.165) is 5.56 Å². The first-order chi connectivity index (χ1) is 10.1. The van der Waals surface area contributed by atoms with E-state index in [9.17, 15) is 4.79 Å². The number of ketones is 1. The van der Waals surface area contributed by atoms with E-state index in [0.29, 0.717) is 22.8 Å². The molecule has 2 aromatic rings. The summed E-state index contributed by atoms with van der Waals surface area (Å²) in [7, 11) is 0. The summed E-state index contributed by atoms with van der Waals surface area (Å²) >= 11 is 0. The fraction of sp³-hybridized carbons (Fsp3) is 0.235. The number of aryl methyl sites for hydroxylation is 2. The van der Waals surface area contributed by atoms with Crippen LogP contribution in [0.1, 0.15) is 21.5 Å². The average molecular weight is 284 g/mol. The minimum absolute atomic E-state index is 0.00213. The molecule has 0 radical (unpaired) electrons. The van der Waals surface area contributed by atoms with Crippen LogP contribution >= 0.6 is 0 Å². The fourth-order valence-electron chi connectivity index (χ4n) is 2.11. The average Bonchev–Trinajstić information content (AvgIpc) is 2.95. The smallest absolute Gasteiger partial charge is 0.231 e. The second-order valence-corrected chi connectivity index (χ2v) is 5.03. The van der Waals surface area contributed by atoms with Gasteiger partial charge in [0.15, 0.2) is 23.9 Å². The Bertz CT molecular complexity index is 691. The molecule has 0 unspecified atom stereocenters. The second kappa shape index (κ2) is 5.48. The SMILES string of the molecule is Cc1ccc(C(=O)COc2ccc3c(c2)OCO3)cc1C. The predicted octanol–water partition coefficient (Wildman–Crippen LogP) is 3.29. The van der Waals surface area contributed by atoms with Crippen LogP contribution in [0.15, 0.2) is 36.4 Å². The molecule has 1 aliphatic heterocycles. The molecule has 108 valence electrons. The van der Waals surface area contributed by atoms with Crippen molar-refractivity contribution >= 4 is 5.78 Å². The lowest BCUT2D eigenvalue weighted by Crippen LogP contribution is -2.11. The molecular weight excluding hydrogens is 268 g/mol. The quantitative estimate of drug-likeness (QED) is 0.808. The third kappa shape index (κ3) is 2.84. The fourth-order valence-corrected chi connectivity index (χ4v) is 2.11. The molecule has 0 bridgehead atoms. The molecule has 0 saturated carbocycles. The lowest BCUT2D eigenvalue weighted by Gasteiger charge is -2.07. The first kappa shape index (κ1) is 13.5. The monoisotopic (exact) mass is 284 g/mol. The topological polar surface area (TPSA) is 44.8 Å². The third-order valence-corrected chi connectivity index (χ3v) is 3.54. The van der Waals surface area contributed by atoms with Gasteiger partial charge >= 0.3 is 0 Å². The molecule has 0 amide bonds. The molecule has 4 nitrogen and oxygen atoms in total. The van der Waals surface area contributed by atoms with Gasteiger partial charge in [0, 0.05) is 11.6 Å². The van der Waals surface area contributed by atoms with Crippen molar-refractivity contribution in [3.63, 3.8) is 0 Å². The Morgan fingerprint density at radius 2 is 1.86 bits per heavy atom. The summed E-state index contributed by atoms with van der Waals surface area (Å²) in [4.78, 5) is 12.1. The van der Waals surface area contributed by atoms with Crippen molar-refractivity contribution < 1.29 is 19.0 Å². The maximum absolute atomic E-state index is 12.1. The van der Waals surface area contributed by atoms with Gasteiger partial charge in [-0.25, -0.2) is 0 Å². The predicted molar refractivity (Wildman–Crippen MR) is 78.3 cm³/mol. The highest BCUT2D eigenvalue weighted by Gasteiger charge is 2.14. The highest BCUT2D eigenvalue weighted by atomic mass is 16.7. The van der Waals surface area contributed by atoms with Crippen LogP contribution in [0.25, 0.3) is 0 Å². The van der Waals surface area contributed by atoms with Crippen LogP contribution in [-0.4, -0.2) is 19.2 Å². The number of benzene rings is 2. The summed E-state index contributed by atoms with van der Waals surface area (Å²) in [5.41, 5.74) is 2.94. The number of fused-ring (bicyclic) bond motifs is 1. The van der Waals surface area contributed by atoms with E-state index in [2.05, 4.69) is 0 Å². The molecule has 0 N–H and O–H groups in total. The Labute approximate surface area is 123 Å². The Kier molecular flexibility index (Phi) is 3.52. The van der Waals surface area contributed by atoms with Crippen LogP contribution in [0.4, 0.5) is 0 Å². The number of ether oxygens (including phenoxy) is 3. The van der Waals surface area contributed by atoms with E-state index < -0.39 is 0 Å². The van der Waals surface area contributed by atoms with Crippen molar-refractivity contribution in [2.75, 3.05) is 13.4 Å². The van der Waals surface area contributed by atoms with Crippen LogP contribution in [0.2, 0.25) is 0 Å². The minimum Gasteiger partial charge on any atom is -0.485 e. The maximum atomic E-state index is 12.1. The number of carbonyl (C=O) groups is 1. The van der Waals surface area contributed by atoms with Crippen molar-refractivity contribution in [1.82, 2.24) is 0 Å². The molecular formula is C17H16O4. The third-order valence-electron chi connectivity index (χ3n) is 3.54. The normalized spacial score (nSPS) is 12.3. The van der Waals surface area contributed by atoms with E-state index >= 15 is 0 Å². The summed E-state index contributed by atoms with van der Waals surface area (Å²) in [5.74, 6) is 1.89. The van der Waals surface area contributed by atoms with Gasteiger partial charge < -0.3 is 14.2 Å².